The molecule has 0 spiro atoms. The zero-order valence-electron chi connectivity index (χ0n) is 7.88. The molecule has 0 saturated carbocycles. The van der Waals surface area contributed by atoms with Gasteiger partial charge in [0.25, 0.3) is 0 Å². The number of nitrogens with two attached hydrogens (primary N) is 1. The minimum Gasteiger partial charge on any atom is -0.383 e. The van der Waals surface area contributed by atoms with Crippen LogP contribution in [0.1, 0.15) is 17.2 Å². The van der Waals surface area contributed by atoms with E-state index in [0.717, 1.165) is 11.1 Å². The van der Waals surface area contributed by atoms with E-state index < -0.39 is 0 Å². The first-order chi connectivity index (χ1) is 6.15. The highest BCUT2D eigenvalue weighted by atomic mass is 35.5. The Balaban J connectivity index is 2.88. The fourth-order valence-corrected chi connectivity index (χ4v) is 1.58. The van der Waals surface area contributed by atoms with Crippen LogP contribution in [0.5, 0.6) is 0 Å². The molecular weight excluding hydrogens is 186 g/mol. The van der Waals surface area contributed by atoms with E-state index in [-0.39, 0.29) is 6.04 Å². The first-order valence-corrected chi connectivity index (χ1v) is 4.53. The average molecular weight is 200 g/mol. The SMILES string of the molecule is COCC(N)c1ccc(C)cc1Cl. The van der Waals surface area contributed by atoms with Crippen LogP contribution in [0.4, 0.5) is 0 Å². The van der Waals surface area contributed by atoms with Gasteiger partial charge in [0.15, 0.2) is 0 Å². The molecule has 1 unspecified atom stereocenters. The molecule has 0 saturated heterocycles. The van der Waals surface area contributed by atoms with Crippen LogP contribution in [0.25, 0.3) is 0 Å². The number of benzene rings is 1. The first kappa shape index (κ1) is 10.5. The Morgan fingerprint density at radius 2 is 2.23 bits per heavy atom. The Kier molecular flexibility index (Phi) is 3.72. The van der Waals surface area contributed by atoms with Gasteiger partial charge in [0.2, 0.25) is 0 Å². The van der Waals surface area contributed by atoms with Crippen molar-refractivity contribution >= 4 is 11.6 Å². The predicted octanol–water partition coefficient (Wildman–Crippen LogP) is 2.29. The van der Waals surface area contributed by atoms with Gasteiger partial charge in [-0.2, -0.15) is 0 Å². The molecule has 1 rings (SSSR count). The lowest BCUT2D eigenvalue weighted by molar-refractivity contribution is 0.181. The van der Waals surface area contributed by atoms with Gasteiger partial charge in [0, 0.05) is 12.1 Å². The van der Waals surface area contributed by atoms with Crippen LogP contribution in [0.15, 0.2) is 18.2 Å². The van der Waals surface area contributed by atoms with E-state index >= 15 is 0 Å². The van der Waals surface area contributed by atoms with Gasteiger partial charge in [-0.25, -0.2) is 0 Å². The Morgan fingerprint density at radius 3 is 2.77 bits per heavy atom. The van der Waals surface area contributed by atoms with Crippen molar-refractivity contribution in [2.45, 2.75) is 13.0 Å². The van der Waals surface area contributed by atoms with Crippen molar-refractivity contribution in [2.75, 3.05) is 13.7 Å². The lowest BCUT2D eigenvalue weighted by Gasteiger charge is -2.12. The molecule has 0 amide bonds. The van der Waals surface area contributed by atoms with Gasteiger partial charge < -0.3 is 10.5 Å². The van der Waals surface area contributed by atoms with Crippen molar-refractivity contribution < 1.29 is 4.74 Å². The topological polar surface area (TPSA) is 35.2 Å². The molecule has 1 aromatic rings. The number of halogens is 1. The van der Waals surface area contributed by atoms with Crippen molar-refractivity contribution in [1.82, 2.24) is 0 Å². The third-order valence-electron chi connectivity index (χ3n) is 1.90. The van der Waals surface area contributed by atoms with Gasteiger partial charge in [-0.1, -0.05) is 23.7 Å². The molecule has 0 aromatic heterocycles. The first-order valence-electron chi connectivity index (χ1n) is 4.15. The molecule has 0 fully saturated rings. The van der Waals surface area contributed by atoms with E-state index in [4.69, 9.17) is 22.1 Å². The highest BCUT2D eigenvalue weighted by molar-refractivity contribution is 6.31. The molecule has 0 radical (unpaired) electrons. The summed E-state index contributed by atoms with van der Waals surface area (Å²) in [6.07, 6.45) is 0. The normalized spacial score (nSPS) is 12.9. The third kappa shape index (κ3) is 2.69. The molecule has 0 aliphatic heterocycles. The molecule has 0 bridgehead atoms. The minimum atomic E-state index is -0.141. The Morgan fingerprint density at radius 1 is 1.54 bits per heavy atom. The zero-order chi connectivity index (χ0) is 9.84. The van der Waals surface area contributed by atoms with E-state index in [9.17, 15) is 0 Å². The van der Waals surface area contributed by atoms with Gasteiger partial charge >= 0.3 is 0 Å². The summed E-state index contributed by atoms with van der Waals surface area (Å²) in [5.41, 5.74) is 7.92. The van der Waals surface area contributed by atoms with Crippen molar-refractivity contribution in [1.29, 1.82) is 0 Å². The van der Waals surface area contributed by atoms with Crippen LogP contribution >= 0.6 is 11.6 Å². The summed E-state index contributed by atoms with van der Waals surface area (Å²) in [6.45, 7) is 2.49. The van der Waals surface area contributed by atoms with E-state index in [2.05, 4.69) is 0 Å². The molecule has 1 atom stereocenters. The fraction of sp³-hybridized carbons (Fsp3) is 0.400. The van der Waals surface area contributed by atoms with E-state index in [1.54, 1.807) is 7.11 Å². The number of hydrogen-bond acceptors (Lipinski definition) is 2. The molecule has 72 valence electrons. The van der Waals surface area contributed by atoms with Crippen LogP contribution in [0.2, 0.25) is 5.02 Å². The predicted molar refractivity (Wildman–Crippen MR) is 55.0 cm³/mol. The quantitative estimate of drug-likeness (QED) is 0.811. The van der Waals surface area contributed by atoms with Gasteiger partial charge in [-0.15, -0.1) is 0 Å². The maximum absolute atomic E-state index is 6.02. The minimum absolute atomic E-state index is 0.141. The smallest absolute Gasteiger partial charge is 0.0656 e. The van der Waals surface area contributed by atoms with Gasteiger partial charge in [-0.05, 0) is 24.1 Å². The zero-order valence-corrected chi connectivity index (χ0v) is 8.64. The van der Waals surface area contributed by atoms with E-state index in [1.165, 1.54) is 0 Å². The summed E-state index contributed by atoms with van der Waals surface area (Å²) in [4.78, 5) is 0. The molecule has 1 aromatic carbocycles. The highest BCUT2D eigenvalue weighted by Gasteiger charge is 2.09. The Bertz CT molecular complexity index is 288. The van der Waals surface area contributed by atoms with Crippen molar-refractivity contribution in [2.24, 2.45) is 5.73 Å². The summed E-state index contributed by atoms with van der Waals surface area (Å²) >= 11 is 6.02. The van der Waals surface area contributed by atoms with Crippen LogP contribution in [0, 0.1) is 6.92 Å². The fourth-order valence-electron chi connectivity index (χ4n) is 1.20. The molecule has 0 aliphatic carbocycles. The molecule has 0 aliphatic rings. The standard InChI is InChI=1S/C10H14ClNO/c1-7-3-4-8(9(11)5-7)10(12)6-13-2/h3-5,10H,6,12H2,1-2H3. The molecule has 2 nitrogen and oxygen atoms in total. The Labute approximate surface area is 83.6 Å². The molecule has 3 heteroatoms. The van der Waals surface area contributed by atoms with Gasteiger partial charge in [0.05, 0.1) is 12.6 Å². The second-order valence-electron chi connectivity index (χ2n) is 3.09. The van der Waals surface area contributed by atoms with Crippen LogP contribution in [-0.2, 0) is 4.74 Å². The lowest BCUT2D eigenvalue weighted by atomic mass is 10.1. The second kappa shape index (κ2) is 4.61. The molecule has 13 heavy (non-hydrogen) atoms. The van der Waals surface area contributed by atoms with Gasteiger partial charge in [-0.3, -0.25) is 0 Å². The van der Waals surface area contributed by atoms with Crippen molar-refractivity contribution in [3.63, 3.8) is 0 Å². The molecular formula is C10H14ClNO. The largest absolute Gasteiger partial charge is 0.383 e. The van der Waals surface area contributed by atoms with Crippen LogP contribution < -0.4 is 5.73 Å². The highest BCUT2D eigenvalue weighted by Crippen LogP contribution is 2.22. The number of methoxy groups -OCH3 is 1. The maximum Gasteiger partial charge on any atom is 0.0656 e. The summed E-state index contributed by atoms with van der Waals surface area (Å²) in [5.74, 6) is 0. The summed E-state index contributed by atoms with van der Waals surface area (Å²) < 4.78 is 4.96. The lowest BCUT2D eigenvalue weighted by Crippen LogP contribution is -2.16. The van der Waals surface area contributed by atoms with Gasteiger partial charge in [0.1, 0.15) is 0 Å². The average Bonchev–Trinajstić information content (AvgIpc) is 2.04. The number of ether oxygens (including phenoxy) is 1. The monoisotopic (exact) mass is 199 g/mol. The van der Waals surface area contributed by atoms with E-state index in [0.29, 0.717) is 11.6 Å². The second-order valence-corrected chi connectivity index (χ2v) is 3.49. The number of hydrogen-bond donors (Lipinski definition) is 1. The van der Waals surface area contributed by atoms with Crippen molar-refractivity contribution in [3.05, 3.63) is 34.3 Å². The summed E-state index contributed by atoms with van der Waals surface area (Å²) in [6, 6.07) is 5.71. The van der Waals surface area contributed by atoms with Crippen LogP contribution in [-0.4, -0.2) is 13.7 Å². The summed E-state index contributed by atoms with van der Waals surface area (Å²) in [5, 5.41) is 0.713. The summed E-state index contributed by atoms with van der Waals surface area (Å²) in [7, 11) is 1.63. The number of aryl methyl sites for hydroxylation is 1. The van der Waals surface area contributed by atoms with Crippen LogP contribution in [0.3, 0.4) is 0 Å². The van der Waals surface area contributed by atoms with E-state index in [1.807, 2.05) is 25.1 Å². The Hall–Kier alpha value is -0.570. The van der Waals surface area contributed by atoms with Crippen molar-refractivity contribution in [3.8, 4) is 0 Å². The third-order valence-corrected chi connectivity index (χ3v) is 2.23. The maximum atomic E-state index is 6.02. The number of rotatable bonds is 3. The molecule has 2 N–H and O–H groups in total. The molecule has 0 heterocycles.